The molecule has 4 aromatic rings. The van der Waals surface area contributed by atoms with Crippen LogP contribution in [0.5, 0.6) is 0 Å². The normalized spacial score (nSPS) is 14.2. The van der Waals surface area contributed by atoms with Gasteiger partial charge in [-0.15, -0.1) is 11.3 Å². The molecule has 0 fully saturated rings. The zero-order chi connectivity index (χ0) is 31.3. The average Bonchev–Trinajstić information content (AvgIpc) is 3.49. The Morgan fingerprint density at radius 3 is 2.12 bits per heavy atom. The van der Waals surface area contributed by atoms with Crippen molar-refractivity contribution >= 4 is 40.0 Å². The molecule has 8 nitrogen and oxygen atoms in total. The number of rotatable bonds is 3. The zero-order valence-corrected chi connectivity index (χ0v) is 27.3. The number of hydrogen-bond donors (Lipinski definition) is 0. The SMILES string of the molecule is Cc1cc(-c2c(C)c3ccc(-c4nc(C5=CCN(C(=O)OC(C)(C)C)CC5)cs4)cc3n2C(=O)OC(C)(C)C)cc(C)n1. The molecule has 0 radical (unpaired) electrons. The molecule has 0 aliphatic carbocycles. The second-order valence-corrected chi connectivity index (χ2v) is 14.0. The number of carbonyl (C=O) groups excluding carboxylic acids is 2. The minimum Gasteiger partial charge on any atom is -0.444 e. The van der Waals surface area contributed by atoms with Gasteiger partial charge in [0.15, 0.2) is 0 Å². The van der Waals surface area contributed by atoms with Crippen LogP contribution in [0.25, 0.3) is 38.3 Å². The largest absolute Gasteiger partial charge is 0.444 e. The summed E-state index contributed by atoms with van der Waals surface area (Å²) in [6.45, 7) is 18.3. The van der Waals surface area contributed by atoms with Gasteiger partial charge in [-0.25, -0.2) is 19.1 Å². The first-order chi connectivity index (χ1) is 20.1. The summed E-state index contributed by atoms with van der Waals surface area (Å²) < 4.78 is 13.1. The maximum Gasteiger partial charge on any atom is 0.419 e. The van der Waals surface area contributed by atoms with Crippen molar-refractivity contribution in [1.82, 2.24) is 19.4 Å². The molecule has 1 aliphatic heterocycles. The highest BCUT2D eigenvalue weighted by atomic mass is 32.1. The van der Waals surface area contributed by atoms with Crippen LogP contribution in [0, 0.1) is 20.8 Å². The topological polar surface area (TPSA) is 86.6 Å². The highest BCUT2D eigenvalue weighted by Gasteiger charge is 2.27. The second kappa shape index (κ2) is 11.3. The number of thiazole rings is 1. The lowest BCUT2D eigenvalue weighted by Gasteiger charge is -2.29. The van der Waals surface area contributed by atoms with E-state index in [0.717, 1.165) is 60.9 Å². The third kappa shape index (κ3) is 6.67. The number of amides is 1. The molecule has 0 saturated carbocycles. The fourth-order valence-corrected chi connectivity index (χ4v) is 6.19. The number of aromatic nitrogens is 3. The van der Waals surface area contributed by atoms with E-state index in [-0.39, 0.29) is 6.09 Å². The summed E-state index contributed by atoms with van der Waals surface area (Å²) in [6, 6.07) is 10.2. The highest BCUT2D eigenvalue weighted by Crippen LogP contribution is 2.38. The van der Waals surface area contributed by atoms with Gasteiger partial charge in [0.1, 0.15) is 16.2 Å². The molecule has 0 unspecified atom stereocenters. The number of nitrogens with zero attached hydrogens (tertiary/aromatic N) is 4. The molecule has 4 heterocycles. The molecule has 1 aliphatic rings. The van der Waals surface area contributed by atoms with Crippen LogP contribution in [-0.2, 0) is 9.47 Å². The van der Waals surface area contributed by atoms with Crippen LogP contribution < -0.4 is 0 Å². The summed E-state index contributed by atoms with van der Waals surface area (Å²) in [7, 11) is 0. The van der Waals surface area contributed by atoms with Crippen molar-refractivity contribution in [1.29, 1.82) is 0 Å². The van der Waals surface area contributed by atoms with Gasteiger partial charge < -0.3 is 14.4 Å². The first kappa shape index (κ1) is 30.5. The minimum absolute atomic E-state index is 0.296. The number of carbonyl (C=O) groups is 2. The average molecular weight is 601 g/mol. The number of fused-ring (bicyclic) bond motifs is 1. The molecular weight excluding hydrogens is 560 g/mol. The summed E-state index contributed by atoms with van der Waals surface area (Å²) >= 11 is 1.56. The van der Waals surface area contributed by atoms with Gasteiger partial charge in [-0.3, -0.25) is 4.98 Å². The number of pyridine rings is 1. The standard InChI is InChI=1S/C34H40N4O4S/c1-20-16-25(17-21(2)35-20)29-22(3)26-11-10-24(18-28(26)38(29)32(40)42-34(7,8)9)30-36-27(19-43-30)23-12-14-37(15-13-23)31(39)41-33(4,5)6/h10-12,16-19H,13-15H2,1-9H3. The van der Waals surface area contributed by atoms with Gasteiger partial charge >= 0.3 is 12.2 Å². The van der Waals surface area contributed by atoms with Crippen LogP contribution in [0.15, 0.2) is 41.8 Å². The maximum absolute atomic E-state index is 13.7. The van der Waals surface area contributed by atoms with Crippen molar-refractivity contribution < 1.29 is 19.1 Å². The predicted octanol–water partition coefficient (Wildman–Crippen LogP) is 8.56. The van der Waals surface area contributed by atoms with Crippen LogP contribution in [0.2, 0.25) is 0 Å². The molecule has 43 heavy (non-hydrogen) atoms. The molecule has 0 atom stereocenters. The molecule has 0 saturated heterocycles. The van der Waals surface area contributed by atoms with Gasteiger partial charge in [-0.2, -0.15) is 0 Å². The van der Waals surface area contributed by atoms with Gasteiger partial charge in [-0.1, -0.05) is 18.2 Å². The van der Waals surface area contributed by atoms with E-state index < -0.39 is 17.3 Å². The van der Waals surface area contributed by atoms with E-state index in [1.54, 1.807) is 20.8 Å². The first-order valence-corrected chi connectivity index (χ1v) is 15.4. The first-order valence-electron chi connectivity index (χ1n) is 14.6. The fraction of sp³-hybridized carbons (Fsp3) is 0.412. The van der Waals surface area contributed by atoms with Gasteiger partial charge in [0, 0.05) is 46.4 Å². The van der Waals surface area contributed by atoms with E-state index in [9.17, 15) is 9.59 Å². The smallest absolute Gasteiger partial charge is 0.419 e. The molecule has 226 valence electrons. The van der Waals surface area contributed by atoms with Crippen LogP contribution in [0.3, 0.4) is 0 Å². The molecular formula is C34H40N4O4S. The monoisotopic (exact) mass is 600 g/mol. The Hall–Kier alpha value is -3.98. The van der Waals surface area contributed by atoms with E-state index in [1.807, 2.05) is 80.5 Å². The molecule has 0 bridgehead atoms. The Bertz CT molecular complexity index is 1730. The van der Waals surface area contributed by atoms with E-state index >= 15 is 0 Å². The lowest BCUT2D eigenvalue weighted by molar-refractivity contribution is 0.0270. The van der Waals surface area contributed by atoms with Crippen molar-refractivity contribution in [2.24, 2.45) is 0 Å². The molecule has 1 amide bonds. The molecule has 1 aromatic carbocycles. The Morgan fingerprint density at radius 1 is 0.860 bits per heavy atom. The van der Waals surface area contributed by atoms with E-state index in [4.69, 9.17) is 14.5 Å². The number of benzene rings is 1. The predicted molar refractivity (Wildman–Crippen MR) is 173 cm³/mol. The fourth-order valence-electron chi connectivity index (χ4n) is 5.34. The lowest BCUT2D eigenvalue weighted by Crippen LogP contribution is -2.39. The van der Waals surface area contributed by atoms with Crippen molar-refractivity contribution in [2.45, 2.75) is 79.9 Å². The van der Waals surface area contributed by atoms with E-state index in [0.29, 0.717) is 19.5 Å². The number of aryl methyl sites for hydroxylation is 3. The zero-order valence-electron chi connectivity index (χ0n) is 26.5. The van der Waals surface area contributed by atoms with Crippen molar-refractivity contribution in [3.63, 3.8) is 0 Å². The quantitative estimate of drug-likeness (QED) is 0.234. The maximum atomic E-state index is 13.7. The summed E-state index contributed by atoms with van der Waals surface area (Å²) in [6.07, 6.45) is 2.04. The molecule has 0 N–H and O–H groups in total. The van der Waals surface area contributed by atoms with Crippen LogP contribution in [-0.4, -0.2) is 55.9 Å². The number of ether oxygens (including phenoxy) is 2. The Kier molecular flexibility index (Phi) is 7.98. The van der Waals surface area contributed by atoms with E-state index in [2.05, 4.69) is 28.6 Å². The summed E-state index contributed by atoms with van der Waals surface area (Å²) in [4.78, 5) is 37.4. The van der Waals surface area contributed by atoms with Crippen LogP contribution in [0.1, 0.15) is 70.6 Å². The van der Waals surface area contributed by atoms with Crippen molar-refractivity contribution in [3.05, 3.63) is 64.4 Å². The third-order valence-corrected chi connectivity index (χ3v) is 7.98. The van der Waals surface area contributed by atoms with Crippen LogP contribution >= 0.6 is 11.3 Å². The van der Waals surface area contributed by atoms with Gasteiger partial charge in [0.2, 0.25) is 0 Å². The highest BCUT2D eigenvalue weighted by molar-refractivity contribution is 7.13. The lowest BCUT2D eigenvalue weighted by atomic mass is 10.0. The Morgan fingerprint density at radius 2 is 1.51 bits per heavy atom. The third-order valence-electron chi connectivity index (χ3n) is 7.09. The van der Waals surface area contributed by atoms with Gasteiger partial charge in [-0.05, 0) is 98.1 Å². The molecule has 9 heteroatoms. The van der Waals surface area contributed by atoms with Gasteiger partial charge in [0.25, 0.3) is 0 Å². The van der Waals surface area contributed by atoms with Gasteiger partial charge in [0.05, 0.1) is 16.9 Å². The minimum atomic E-state index is -0.655. The molecule has 0 spiro atoms. The summed E-state index contributed by atoms with van der Waals surface area (Å²) in [5, 5.41) is 3.89. The molecule has 5 rings (SSSR count). The second-order valence-electron chi connectivity index (χ2n) is 13.1. The van der Waals surface area contributed by atoms with E-state index in [1.165, 1.54) is 0 Å². The number of hydrogen-bond acceptors (Lipinski definition) is 7. The summed E-state index contributed by atoms with van der Waals surface area (Å²) in [5.74, 6) is 0. The van der Waals surface area contributed by atoms with Crippen molar-refractivity contribution in [3.8, 4) is 21.8 Å². The Balaban J connectivity index is 1.52. The van der Waals surface area contributed by atoms with Crippen LogP contribution in [0.4, 0.5) is 9.59 Å². The summed E-state index contributed by atoms with van der Waals surface area (Å²) in [5.41, 5.74) is 7.04. The Labute approximate surface area is 257 Å². The molecule has 3 aromatic heterocycles. The van der Waals surface area contributed by atoms with Crippen molar-refractivity contribution in [2.75, 3.05) is 13.1 Å².